The normalized spacial score (nSPS) is 17.3. The second kappa shape index (κ2) is 3.27. The molecule has 0 aromatic carbocycles. The van der Waals surface area contributed by atoms with E-state index in [1.807, 2.05) is 0 Å². The number of hydrogen-bond acceptors (Lipinski definition) is 2. The second-order valence-corrected chi connectivity index (χ2v) is 4.08. The number of nitrogens with one attached hydrogen (secondary N) is 1. The smallest absolute Gasteiger partial charge is 0.0961 e. The number of rotatable bonds is 2. The third-order valence-electron chi connectivity index (χ3n) is 2.15. The lowest BCUT2D eigenvalue weighted by Gasteiger charge is -2.15. The Morgan fingerprint density at radius 3 is 3.08 bits per heavy atom. The summed E-state index contributed by atoms with van der Waals surface area (Å²) in [6.45, 7) is 2.01. The molecule has 2 nitrogen and oxygen atoms in total. The second-order valence-electron chi connectivity index (χ2n) is 3.05. The highest BCUT2D eigenvalue weighted by Gasteiger charge is 2.16. The van der Waals surface area contributed by atoms with E-state index < -0.39 is 0 Å². The minimum absolute atomic E-state index is 0.809. The lowest BCUT2D eigenvalue weighted by molar-refractivity contribution is 0.450. The molecule has 0 radical (unpaired) electrons. The molecule has 0 bridgehead atoms. The molecule has 0 aliphatic carbocycles. The van der Waals surface area contributed by atoms with Crippen molar-refractivity contribution in [2.75, 3.05) is 6.54 Å². The van der Waals surface area contributed by atoms with E-state index >= 15 is 0 Å². The molecule has 3 heteroatoms. The Labute approximate surface area is 76.3 Å². The van der Waals surface area contributed by atoms with Crippen molar-refractivity contribution < 1.29 is 0 Å². The van der Waals surface area contributed by atoms with Crippen molar-refractivity contribution in [1.29, 1.82) is 5.41 Å². The van der Waals surface area contributed by atoms with Crippen LogP contribution in [-0.4, -0.2) is 17.3 Å². The molecule has 1 aliphatic heterocycles. The quantitative estimate of drug-likeness (QED) is 0.743. The van der Waals surface area contributed by atoms with Gasteiger partial charge in [0.1, 0.15) is 0 Å². The van der Waals surface area contributed by atoms with Crippen LogP contribution in [0.15, 0.2) is 17.5 Å². The average molecular weight is 180 g/mol. The molecule has 1 aromatic rings. The van der Waals surface area contributed by atoms with Crippen LogP contribution in [-0.2, 0) is 6.54 Å². The zero-order chi connectivity index (χ0) is 8.39. The topological polar surface area (TPSA) is 27.1 Å². The third-order valence-corrected chi connectivity index (χ3v) is 3.01. The van der Waals surface area contributed by atoms with Crippen LogP contribution in [0.2, 0.25) is 0 Å². The molecule has 64 valence electrons. The first kappa shape index (κ1) is 7.80. The molecule has 1 saturated heterocycles. The van der Waals surface area contributed by atoms with Crippen molar-refractivity contribution in [1.82, 2.24) is 4.90 Å². The highest BCUT2D eigenvalue weighted by Crippen LogP contribution is 2.17. The number of likely N-dealkylation sites (tertiary alicyclic amines) is 1. The Balaban J connectivity index is 1.99. The fourth-order valence-corrected chi connectivity index (χ4v) is 2.22. The predicted molar refractivity (Wildman–Crippen MR) is 51.7 cm³/mol. The zero-order valence-corrected chi connectivity index (χ0v) is 7.73. The molecule has 0 saturated carbocycles. The van der Waals surface area contributed by atoms with Gasteiger partial charge < -0.3 is 4.90 Å². The summed E-state index contributed by atoms with van der Waals surface area (Å²) in [7, 11) is 0. The van der Waals surface area contributed by atoms with E-state index in [0.29, 0.717) is 0 Å². The number of thiophene rings is 1. The molecule has 0 spiro atoms. The standard InChI is InChI=1S/C9H12N2S/c10-9-4-1-5-11(9)7-8-3-2-6-12-8/h2-3,6,10H,1,4-5,7H2. The van der Waals surface area contributed by atoms with E-state index in [0.717, 1.165) is 31.8 Å². The Morgan fingerprint density at radius 2 is 2.50 bits per heavy atom. The van der Waals surface area contributed by atoms with Gasteiger partial charge in [-0.25, -0.2) is 0 Å². The zero-order valence-electron chi connectivity index (χ0n) is 6.92. The van der Waals surface area contributed by atoms with Crippen molar-refractivity contribution in [3.8, 4) is 0 Å². The van der Waals surface area contributed by atoms with E-state index in [-0.39, 0.29) is 0 Å². The highest BCUT2D eigenvalue weighted by molar-refractivity contribution is 7.09. The van der Waals surface area contributed by atoms with Gasteiger partial charge in [-0.05, 0) is 17.9 Å². The fourth-order valence-electron chi connectivity index (χ4n) is 1.50. The van der Waals surface area contributed by atoms with E-state index in [1.54, 1.807) is 11.3 Å². The Bertz CT molecular complexity index is 266. The SMILES string of the molecule is N=C1CCCN1Cc1cccs1. The van der Waals surface area contributed by atoms with Gasteiger partial charge in [0, 0.05) is 17.8 Å². The van der Waals surface area contributed by atoms with Crippen LogP contribution in [0.5, 0.6) is 0 Å². The van der Waals surface area contributed by atoms with Crippen molar-refractivity contribution in [2.45, 2.75) is 19.4 Å². The van der Waals surface area contributed by atoms with Crippen molar-refractivity contribution in [2.24, 2.45) is 0 Å². The molecule has 0 amide bonds. The van der Waals surface area contributed by atoms with Gasteiger partial charge in [0.25, 0.3) is 0 Å². The summed E-state index contributed by atoms with van der Waals surface area (Å²) in [5.41, 5.74) is 0. The molecule has 2 heterocycles. The maximum atomic E-state index is 7.64. The molecular weight excluding hydrogens is 168 g/mol. The molecule has 1 aromatic heterocycles. The summed E-state index contributed by atoms with van der Waals surface area (Å²) in [4.78, 5) is 3.52. The maximum absolute atomic E-state index is 7.64. The molecule has 1 fully saturated rings. The molecule has 1 N–H and O–H groups in total. The van der Waals surface area contributed by atoms with Crippen molar-refractivity contribution in [3.05, 3.63) is 22.4 Å². The van der Waals surface area contributed by atoms with Gasteiger partial charge >= 0.3 is 0 Å². The van der Waals surface area contributed by atoms with Crippen LogP contribution >= 0.6 is 11.3 Å². The first-order valence-electron chi connectivity index (χ1n) is 4.21. The van der Waals surface area contributed by atoms with Gasteiger partial charge in [0.2, 0.25) is 0 Å². The largest absolute Gasteiger partial charge is 0.355 e. The van der Waals surface area contributed by atoms with Gasteiger partial charge in [-0.1, -0.05) is 6.07 Å². The minimum Gasteiger partial charge on any atom is -0.355 e. The molecule has 12 heavy (non-hydrogen) atoms. The van der Waals surface area contributed by atoms with Crippen molar-refractivity contribution >= 4 is 17.2 Å². The summed E-state index contributed by atoms with van der Waals surface area (Å²) in [5.74, 6) is 0.809. The van der Waals surface area contributed by atoms with Crippen LogP contribution in [0.4, 0.5) is 0 Å². The van der Waals surface area contributed by atoms with Crippen LogP contribution in [0.1, 0.15) is 17.7 Å². The van der Waals surface area contributed by atoms with E-state index in [9.17, 15) is 0 Å². The van der Waals surface area contributed by atoms with Crippen LogP contribution in [0, 0.1) is 5.41 Å². The lowest BCUT2D eigenvalue weighted by Crippen LogP contribution is -2.22. The first-order chi connectivity index (χ1) is 5.86. The molecule has 0 atom stereocenters. The first-order valence-corrected chi connectivity index (χ1v) is 5.09. The number of amidine groups is 1. The Hall–Kier alpha value is -0.830. The third kappa shape index (κ3) is 1.50. The molecule has 0 unspecified atom stereocenters. The summed E-state index contributed by atoms with van der Waals surface area (Å²) < 4.78 is 0. The maximum Gasteiger partial charge on any atom is 0.0961 e. The van der Waals surface area contributed by atoms with E-state index in [4.69, 9.17) is 5.41 Å². The van der Waals surface area contributed by atoms with Gasteiger partial charge in [0.05, 0.1) is 12.4 Å². The Kier molecular flexibility index (Phi) is 2.13. The highest BCUT2D eigenvalue weighted by atomic mass is 32.1. The van der Waals surface area contributed by atoms with Crippen LogP contribution < -0.4 is 0 Å². The lowest BCUT2D eigenvalue weighted by atomic mass is 10.4. The molecule has 1 aliphatic rings. The number of hydrogen-bond donors (Lipinski definition) is 1. The van der Waals surface area contributed by atoms with Crippen molar-refractivity contribution in [3.63, 3.8) is 0 Å². The van der Waals surface area contributed by atoms with Gasteiger partial charge in [-0.2, -0.15) is 0 Å². The van der Waals surface area contributed by atoms with Crippen LogP contribution in [0.25, 0.3) is 0 Å². The van der Waals surface area contributed by atoms with E-state index in [2.05, 4.69) is 22.4 Å². The van der Waals surface area contributed by atoms with E-state index in [1.165, 1.54) is 4.88 Å². The fraction of sp³-hybridized carbons (Fsp3) is 0.444. The summed E-state index contributed by atoms with van der Waals surface area (Å²) in [5, 5.41) is 9.73. The number of nitrogens with zero attached hydrogens (tertiary/aromatic N) is 1. The predicted octanol–water partition coefficient (Wildman–Crippen LogP) is 2.32. The van der Waals surface area contributed by atoms with Gasteiger partial charge in [-0.15, -0.1) is 11.3 Å². The summed E-state index contributed by atoms with van der Waals surface area (Å²) in [6.07, 6.45) is 2.12. The Morgan fingerprint density at radius 1 is 1.58 bits per heavy atom. The summed E-state index contributed by atoms with van der Waals surface area (Å²) in [6, 6.07) is 4.20. The van der Waals surface area contributed by atoms with Gasteiger partial charge in [0.15, 0.2) is 0 Å². The monoisotopic (exact) mass is 180 g/mol. The average Bonchev–Trinajstić information content (AvgIpc) is 2.65. The minimum atomic E-state index is 0.809. The molecule has 2 rings (SSSR count). The van der Waals surface area contributed by atoms with Gasteiger partial charge in [-0.3, -0.25) is 5.41 Å². The van der Waals surface area contributed by atoms with Crippen LogP contribution in [0.3, 0.4) is 0 Å². The molecular formula is C9H12N2S. The summed E-state index contributed by atoms with van der Waals surface area (Å²) >= 11 is 1.77.